The zero-order chi connectivity index (χ0) is 17.2. The van der Waals surface area contributed by atoms with Gasteiger partial charge in [-0.05, 0) is 38.5 Å². The molecular formula is C16H19NO6. The van der Waals surface area contributed by atoms with Gasteiger partial charge in [0.25, 0.3) is 5.91 Å². The van der Waals surface area contributed by atoms with E-state index in [0.717, 1.165) is 0 Å². The molecule has 7 nitrogen and oxygen atoms in total. The number of hydrogen-bond donors (Lipinski definition) is 2. The molecule has 23 heavy (non-hydrogen) atoms. The molecule has 1 amide bonds. The third-order valence-electron chi connectivity index (χ3n) is 3.24. The largest absolute Gasteiger partial charge is 0.504 e. The Bertz CT molecular complexity index is 646. The van der Waals surface area contributed by atoms with Crippen LogP contribution in [0.3, 0.4) is 0 Å². The summed E-state index contributed by atoms with van der Waals surface area (Å²) < 4.78 is 9.88. The summed E-state index contributed by atoms with van der Waals surface area (Å²) in [5.41, 5.74) is -0.0939. The van der Waals surface area contributed by atoms with Crippen molar-refractivity contribution in [3.05, 3.63) is 23.8 Å². The second kappa shape index (κ2) is 6.28. The molecule has 0 aliphatic carbocycles. The first-order chi connectivity index (χ1) is 10.7. The second-order valence-corrected chi connectivity index (χ2v) is 6.37. The number of hydrogen-bond acceptors (Lipinski definition) is 6. The summed E-state index contributed by atoms with van der Waals surface area (Å²) in [6.45, 7) is 4.84. The highest BCUT2D eigenvalue weighted by molar-refractivity contribution is 5.90. The van der Waals surface area contributed by atoms with Crippen molar-refractivity contribution in [2.45, 2.75) is 33.2 Å². The molecule has 0 radical (unpaired) electrons. The summed E-state index contributed by atoms with van der Waals surface area (Å²) in [5.74, 6) is -1.52. The molecule has 0 spiro atoms. The molecule has 1 fully saturated rings. The van der Waals surface area contributed by atoms with Gasteiger partial charge in [0, 0.05) is 6.42 Å². The van der Waals surface area contributed by atoms with E-state index in [1.54, 1.807) is 26.8 Å². The van der Waals surface area contributed by atoms with Gasteiger partial charge in [0.2, 0.25) is 0 Å². The van der Waals surface area contributed by atoms with Gasteiger partial charge >= 0.3 is 11.9 Å². The molecule has 1 aliphatic heterocycles. The van der Waals surface area contributed by atoms with Crippen molar-refractivity contribution in [3.63, 3.8) is 0 Å². The van der Waals surface area contributed by atoms with Crippen LogP contribution in [0.25, 0.3) is 0 Å². The van der Waals surface area contributed by atoms with Gasteiger partial charge in [-0.3, -0.25) is 9.59 Å². The molecule has 0 aromatic heterocycles. The third-order valence-corrected chi connectivity index (χ3v) is 3.24. The number of cyclic esters (lactones) is 1. The molecule has 1 aliphatic rings. The van der Waals surface area contributed by atoms with Crippen LogP contribution in [0.15, 0.2) is 18.2 Å². The molecule has 1 heterocycles. The predicted octanol–water partition coefficient (Wildman–Crippen LogP) is 0.928. The van der Waals surface area contributed by atoms with Crippen LogP contribution in [-0.4, -0.2) is 35.6 Å². The van der Waals surface area contributed by atoms with E-state index >= 15 is 0 Å². The van der Waals surface area contributed by atoms with E-state index in [1.807, 2.05) is 0 Å². The highest BCUT2D eigenvalue weighted by Gasteiger charge is 2.29. The predicted molar refractivity (Wildman–Crippen MR) is 79.8 cm³/mol. The average molecular weight is 321 g/mol. The first-order valence-electron chi connectivity index (χ1n) is 7.17. The molecule has 0 saturated carbocycles. The second-order valence-electron chi connectivity index (χ2n) is 6.37. The van der Waals surface area contributed by atoms with E-state index in [1.165, 1.54) is 12.1 Å². The van der Waals surface area contributed by atoms with Crippen molar-refractivity contribution in [3.8, 4) is 11.5 Å². The summed E-state index contributed by atoms with van der Waals surface area (Å²) in [6.07, 6.45) is 0.172. The van der Waals surface area contributed by atoms with E-state index in [0.29, 0.717) is 5.56 Å². The van der Waals surface area contributed by atoms with Gasteiger partial charge in [-0.2, -0.15) is 0 Å². The summed E-state index contributed by atoms with van der Waals surface area (Å²) in [7, 11) is 0. The van der Waals surface area contributed by atoms with Crippen molar-refractivity contribution >= 4 is 17.8 Å². The molecule has 1 aromatic carbocycles. The Morgan fingerprint density at radius 2 is 2.09 bits per heavy atom. The Morgan fingerprint density at radius 1 is 1.39 bits per heavy atom. The normalized spacial score (nSPS) is 18.1. The minimum atomic E-state index is -0.793. The number of esters is 2. The first kappa shape index (κ1) is 16.8. The molecule has 7 heteroatoms. The van der Waals surface area contributed by atoms with E-state index in [-0.39, 0.29) is 30.4 Å². The minimum Gasteiger partial charge on any atom is -0.504 e. The van der Waals surface area contributed by atoms with Crippen molar-refractivity contribution in [2.24, 2.45) is 5.41 Å². The summed E-state index contributed by atoms with van der Waals surface area (Å²) in [5, 5.41) is 12.5. The fraction of sp³-hybridized carbons (Fsp3) is 0.438. The number of aromatic hydroxyl groups is 1. The Hall–Kier alpha value is -2.57. The highest BCUT2D eigenvalue weighted by atomic mass is 16.5. The molecule has 2 rings (SSSR count). The number of benzene rings is 1. The van der Waals surface area contributed by atoms with Crippen LogP contribution in [0.2, 0.25) is 0 Å². The lowest BCUT2D eigenvalue weighted by Gasteiger charge is -2.22. The number of carbonyl (C=O) groups is 3. The summed E-state index contributed by atoms with van der Waals surface area (Å²) in [4.78, 5) is 34.7. The maximum atomic E-state index is 11.8. The molecule has 1 saturated heterocycles. The number of phenolic OH excluding ortho intramolecular Hbond substituents is 1. The van der Waals surface area contributed by atoms with Crippen molar-refractivity contribution in [2.75, 3.05) is 6.61 Å². The van der Waals surface area contributed by atoms with Crippen LogP contribution >= 0.6 is 0 Å². The number of nitrogens with one attached hydrogen (secondary N) is 1. The van der Waals surface area contributed by atoms with Gasteiger partial charge in [0.15, 0.2) is 18.1 Å². The number of amides is 1. The Morgan fingerprint density at radius 3 is 2.70 bits per heavy atom. The van der Waals surface area contributed by atoms with Gasteiger partial charge in [0.05, 0.1) is 5.41 Å². The number of ether oxygens (including phenoxy) is 2. The first-order valence-corrected chi connectivity index (χ1v) is 7.17. The van der Waals surface area contributed by atoms with Crippen molar-refractivity contribution < 1.29 is 29.0 Å². The maximum absolute atomic E-state index is 11.8. The van der Waals surface area contributed by atoms with Crippen LogP contribution in [0.1, 0.15) is 26.3 Å². The van der Waals surface area contributed by atoms with E-state index in [9.17, 15) is 19.5 Å². The van der Waals surface area contributed by atoms with Crippen LogP contribution in [0.4, 0.5) is 0 Å². The molecule has 1 atom stereocenters. The van der Waals surface area contributed by atoms with Gasteiger partial charge in [0.1, 0.15) is 6.04 Å². The number of morpholine rings is 1. The van der Waals surface area contributed by atoms with E-state index in [4.69, 9.17) is 9.47 Å². The van der Waals surface area contributed by atoms with Crippen LogP contribution in [0, 0.1) is 5.41 Å². The fourth-order valence-corrected chi connectivity index (χ4v) is 1.93. The maximum Gasteiger partial charge on any atom is 0.329 e. The lowest BCUT2D eigenvalue weighted by Crippen LogP contribution is -2.50. The molecule has 0 bridgehead atoms. The molecular weight excluding hydrogens is 302 g/mol. The van der Waals surface area contributed by atoms with E-state index in [2.05, 4.69) is 5.32 Å². The lowest BCUT2D eigenvalue weighted by atomic mass is 9.97. The smallest absolute Gasteiger partial charge is 0.329 e. The average Bonchev–Trinajstić information content (AvgIpc) is 2.44. The van der Waals surface area contributed by atoms with Gasteiger partial charge in [-0.15, -0.1) is 0 Å². The van der Waals surface area contributed by atoms with Gasteiger partial charge < -0.3 is 19.9 Å². The van der Waals surface area contributed by atoms with Crippen molar-refractivity contribution in [1.82, 2.24) is 5.32 Å². The minimum absolute atomic E-state index is 0.0453. The van der Waals surface area contributed by atoms with Crippen LogP contribution < -0.4 is 10.1 Å². The van der Waals surface area contributed by atoms with Crippen molar-refractivity contribution in [1.29, 1.82) is 0 Å². The zero-order valence-electron chi connectivity index (χ0n) is 13.2. The fourth-order valence-electron chi connectivity index (χ4n) is 1.93. The quantitative estimate of drug-likeness (QED) is 0.634. The molecule has 1 aromatic rings. The molecule has 2 N–H and O–H groups in total. The summed E-state index contributed by atoms with van der Waals surface area (Å²) in [6, 6.07) is 3.65. The number of carbonyl (C=O) groups excluding carboxylic acids is 3. The Balaban J connectivity index is 2.08. The van der Waals surface area contributed by atoms with Gasteiger partial charge in [-0.1, -0.05) is 6.07 Å². The monoisotopic (exact) mass is 321 g/mol. The number of phenols is 1. The Kier molecular flexibility index (Phi) is 4.58. The SMILES string of the molecule is CC(C)(C)C(=O)Oc1ccc(C[C@@H]2NC(=O)COC2=O)cc1O. The Labute approximate surface area is 133 Å². The van der Waals surface area contributed by atoms with Crippen LogP contribution in [0.5, 0.6) is 11.5 Å². The third kappa shape index (κ3) is 4.21. The molecule has 0 unspecified atom stereocenters. The van der Waals surface area contributed by atoms with Gasteiger partial charge in [-0.25, -0.2) is 4.79 Å². The lowest BCUT2D eigenvalue weighted by molar-refractivity contribution is -0.157. The summed E-state index contributed by atoms with van der Waals surface area (Å²) >= 11 is 0. The van der Waals surface area contributed by atoms with E-state index < -0.39 is 23.4 Å². The van der Waals surface area contributed by atoms with Crippen LogP contribution in [-0.2, 0) is 25.5 Å². The topological polar surface area (TPSA) is 102 Å². The standard InChI is InChI=1S/C16H19NO6/c1-16(2,3)15(21)23-12-5-4-9(7-11(12)18)6-10-14(20)22-8-13(19)17-10/h4-5,7,10,18H,6,8H2,1-3H3,(H,17,19)/t10-/m0/s1. The highest BCUT2D eigenvalue weighted by Crippen LogP contribution is 2.29. The molecule has 124 valence electrons. The number of rotatable bonds is 3. The zero-order valence-corrected chi connectivity index (χ0v) is 13.2.